The van der Waals surface area contributed by atoms with Gasteiger partial charge in [0.05, 0.1) is 13.2 Å². The van der Waals surface area contributed by atoms with E-state index in [0.717, 1.165) is 32.7 Å². The van der Waals surface area contributed by atoms with Crippen LogP contribution in [0, 0.1) is 0 Å². The predicted octanol–water partition coefficient (Wildman–Crippen LogP) is 5.51. The Morgan fingerprint density at radius 1 is 0.667 bits per heavy atom. The largest absolute Gasteiger partial charge is 0.379 e. The van der Waals surface area contributed by atoms with Crippen molar-refractivity contribution >= 4 is 0 Å². The summed E-state index contributed by atoms with van der Waals surface area (Å²) in [4.78, 5) is 0. The number of hydrogen-bond donors (Lipinski definition) is 0. The van der Waals surface area contributed by atoms with Crippen molar-refractivity contribution in [3.05, 3.63) is 60.2 Å². The van der Waals surface area contributed by atoms with E-state index >= 15 is 0 Å². The van der Waals surface area contributed by atoms with E-state index in [1.807, 2.05) is 6.92 Å². The van der Waals surface area contributed by atoms with Crippen LogP contribution in [0.4, 0.5) is 0 Å². The van der Waals surface area contributed by atoms with Crippen molar-refractivity contribution in [3.63, 3.8) is 0 Å². The smallest absolute Gasteiger partial charge is 0.0700 e. The molecule has 0 aliphatic carbocycles. The van der Waals surface area contributed by atoms with Crippen molar-refractivity contribution < 1.29 is 9.47 Å². The van der Waals surface area contributed by atoms with Gasteiger partial charge in [0.2, 0.25) is 0 Å². The summed E-state index contributed by atoms with van der Waals surface area (Å²) in [6.07, 6.45) is 6.03. The topological polar surface area (TPSA) is 18.5 Å². The number of benzene rings is 2. The van der Waals surface area contributed by atoms with Gasteiger partial charge in [-0.2, -0.15) is 0 Å². The Kier molecular flexibility index (Phi) is 9.21. The molecule has 0 atom stereocenters. The van der Waals surface area contributed by atoms with Gasteiger partial charge in [0.1, 0.15) is 0 Å². The zero-order valence-corrected chi connectivity index (χ0v) is 14.9. The van der Waals surface area contributed by atoms with Crippen LogP contribution in [0.2, 0.25) is 0 Å². The average molecular weight is 326 g/mol. The molecule has 24 heavy (non-hydrogen) atoms. The minimum absolute atomic E-state index is 0.715. The van der Waals surface area contributed by atoms with Crippen LogP contribution >= 0.6 is 0 Å². The summed E-state index contributed by atoms with van der Waals surface area (Å²) in [5, 5.41) is 0. The van der Waals surface area contributed by atoms with Crippen molar-refractivity contribution in [1.82, 2.24) is 0 Å². The van der Waals surface area contributed by atoms with Gasteiger partial charge in [0.25, 0.3) is 0 Å². The lowest BCUT2D eigenvalue weighted by Crippen LogP contribution is -2.04. The summed E-state index contributed by atoms with van der Waals surface area (Å²) in [6.45, 7) is 5.07. The number of unbranched alkanes of at least 4 members (excludes halogenated alkanes) is 3. The Balaban J connectivity index is 1.65. The molecule has 0 radical (unpaired) electrons. The molecular formula is C22H30O2. The van der Waals surface area contributed by atoms with Crippen LogP contribution in [0.15, 0.2) is 54.6 Å². The number of ether oxygens (including phenoxy) is 2. The highest BCUT2D eigenvalue weighted by molar-refractivity contribution is 5.67. The molecule has 2 heteroatoms. The molecule has 0 aliphatic rings. The lowest BCUT2D eigenvalue weighted by atomic mass is 9.96. The first-order valence-corrected chi connectivity index (χ1v) is 9.20. The lowest BCUT2D eigenvalue weighted by molar-refractivity contribution is 0.0513. The molecule has 0 spiro atoms. The monoisotopic (exact) mass is 326 g/mol. The Labute approximate surface area is 146 Å². The van der Waals surface area contributed by atoms with E-state index in [4.69, 9.17) is 9.47 Å². The van der Waals surface area contributed by atoms with Gasteiger partial charge in [-0.1, -0.05) is 67.4 Å². The van der Waals surface area contributed by atoms with Gasteiger partial charge >= 0.3 is 0 Å². The quantitative estimate of drug-likeness (QED) is 0.479. The molecule has 0 amide bonds. The molecule has 0 aromatic heterocycles. The second-order valence-electron chi connectivity index (χ2n) is 6.00. The molecule has 0 saturated heterocycles. The maximum absolute atomic E-state index is 5.55. The summed E-state index contributed by atoms with van der Waals surface area (Å²) in [5.41, 5.74) is 4.14. The first kappa shape index (κ1) is 18.7. The fourth-order valence-corrected chi connectivity index (χ4v) is 2.88. The Hall–Kier alpha value is -1.64. The van der Waals surface area contributed by atoms with Gasteiger partial charge < -0.3 is 9.47 Å². The van der Waals surface area contributed by atoms with E-state index in [-0.39, 0.29) is 0 Å². The zero-order valence-electron chi connectivity index (χ0n) is 14.9. The maximum Gasteiger partial charge on any atom is 0.0700 e. The lowest BCUT2D eigenvalue weighted by Gasteiger charge is -2.10. The van der Waals surface area contributed by atoms with E-state index < -0.39 is 0 Å². The minimum Gasteiger partial charge on any atom is -0.379 e. The van der Waals surface area contributed by atoms with Crippen LogP contribution in [0.1, 0.15) is 38.2 Å². The molecule has 0 aliphatic heterocycles. The molecule has 2 nitrogen and oxygen atoms in total. The molecule has 0 heterocycles. The fraction of sp³-hybridized carbons (Fsp3) is 0.455. The van der Waals surface area contributed by atoms with Crippen molar-refractivity contribution in [2.75, 3.05) is 26.4 Å². The van der Waals surface area contributed by atoms with E-state index in [1.54, 1.807) is 0 Å². The fourth-order valence-electron chi connectivity index (χ4n) is 2.88. The summed E-state index contributed by atoms with van der Waals surface area (Å²) < 4.78 is 10.8. The van der Waals surface area contributed by atoms with Crippen LogP contribution in [-0.4, -0.2) is 26.4 Å². The van der Waals surface area contributed by atoms with Gasteiger partial charge in [-0.25, -0.2) is 0 Å². The third kappa shape index (κ3) is 6.86. The van der Waals surface area contributed by atoms with Gasteiger partial charge in [-0.3, -0.25) is 0 Å². The second-order valence-corrected chi connectivity index (χ2v) is 6.00. The van der Waals surface area contributed by atoms with Crippen LogP contribution in [0.3, 0.4) is 0 Å². The minimum atomic E-state index is 0.715. The molecule has 2 aromatic rings. The molecule has 2 rings (SSSR count). The molecule has 0 N–H and O–H groups in total. The Morgan fingerprint density at radius 3 is 2.21 bits per heavy atom. The first-order chi connectivity index (χ1) is 11.9. The van der Waals surface area contributed by atoms with Crippen molar-refractivity contribution in [1.29, 1.82) is 0 Å². The van der Waals surface area contributed by atoms with E-state index in [2.05, 4.69) is 54.6 Å². The molecule has 0 unspecified atom stereocenters. The average Bonchev–Trinajstić information content (AvgIpc) is 2.64. The number of aryl methyl sites for hydroxylation is 1. The second kappa shape index (κ2) is 11.8. The Morgan fingerprint density at radius 2 is 1.38 bits per heavy atom. The van der Waals surface area contributed by atoms with Crippen LogP contribution in [0.5, 0.6) is 0 Å². The van der Waals surface area contributed by atoms with Crippen LogP contribution in [0.25, 0.3) is 11.1 Å². The normalized spacial score (nSPS) is 10.9. The zero-order chi connectivity index (χ0) is 16.9. The first-order valence-electron chi connectivity index (χ1n) is 9.20. The number of hydrogen-bond acceptors (Lipinski definition) is 2. The highest BCUT2D eigenvalue weighted by Crippen LogP contribution is 2.24. The van der Waals surface area contributed by atoms with Gasteiger partial charge in [0, 0.05) is 13.2 Å². The Bertz CT molecular complexity index is 551. The summed E-state index contributed by atoms with van der Waals surface area (Å²) >= 11 is 0. The third-order valence-corrected chi connectivity index (χ3v) is 4.16. The number of rotatable bonds is 12. The van der Waals surface area contributed by atoms with E-state index in [9.17, 15) is 0 Å². The van der Waals surface area contributed by atoms with Crippen LogP contribution < -0.4 is 0 Å². The van der Waals surface area contributed by atoms with E-state index in [1.165, 1.54) is 36.0 Å². The summed E-state index contributed by atoms with van der Waals surface area (Å²) in [5.74, 6) is 0. The molecule has 0 bridgehead atoms. The SMILES string of the molecule is CCOCCOCCCCCCc1ccccc1-c1ccccc1. The molecular weight excluding hydrogens is 296 g/mol. The highest BCUT2D eigenvalue weighted by atomic mass is 16.5. The molecule has 130 valence electrons. The van der Waals surface area contributed by atoms with E-state index in [0.29, 0.717) is 6.61 Å². The van der Waals surface area contributed by atoms with Crippen molar-refractivity contribution in [2.45, 2.75) is 39.0 Å². The van der Waals surface area contributed by atoms with Gasteiger partial charge in [-0.05, 0) is 42.9 Å². The highest BCUT2D eigenvalue weighted by Gasteiger charge is 2.03. The molecule has 0 saturated carbocycles. The van der Waals surface area contributed by atoms with Gasteiger partial charge in [0.15, 0.2) is 0 Å². The summed E-state index contributed by atoms with van der Waals surface area (Å²) in [6, 6.07) is 19.4. The maximum atomic E-state index is 5.55. The van der Waals surface area contributed by atoms with Gasteiger partial charge in [-0.15, -0.1) is 0 Å². The standard InChI is InChI=1S/C22H30O2/c1-2-23-18-19-24-17-11-4-3-6-12-21-15-9-10-16-22(21)20-13-7-5-8-14-20/h5,7-10,13-16H,2-4,6,11-12,17-19H2,1H3. The summed E-state index contributed by atoms with van der Waals surface area (Å²) in [7, 11) is 0. The van der Waals surface area contributed by atoms with Crippen molar-refractivity contribution in [3.8, 4) is 11.1 Å². The third-order valence-electron chi connectivity index (χ3n) is 4.16. The predicted molar refractivity (Wildman–Crippen MR) is 101 cm³/mol. The molecule has 0 fully saturated rings. The van der Waals surface area contributed by atoms with Crippen molar-refractivity contribution in [2.24, 2.45) is 0 Å². The van der Waals surface area contributed by atoms with Crippen LogP contribution in [-0.2, 0) is 15.9 Å². The molecule has 2 aromatic carbocycles.